The number of amides is 1. The standard InChI is InChI=1S/C20H22N2O7/c1-13(20(24)25)29-19-14(7-6-10-17(19)27-3)11-21-22-18(23)12-28-16-9-5-4-8-15(16)26-2/h4-11,13H,12H2,1-3H3,(H,22,23)(H,24,25)/b21-11+/t13-/m0/s1. The monoisotopic (exact) mass is 402 g/mol. The Balaban J connectivity index is 2.02. The summed E-state index contributed by atoms with van der Waals surface area (Å²) < 4.78 is 21.2. The predicted octanol–water partition coefficient (Wildman–Crippen LogP) is 2.08. The van der Waals surface area contributed by atoms with Crippen molar-refractivity contribution in [3.63, 3.8) is 0 Å². The third-order valence-electron chi connectivity index (χ3n) is 3.69. The van der Waals surface area contributed by atoms with E-state index in [9.17, 15) is 9.59 Å². The summed E-state index contributed by atoms with van der Waals surface area (Å²) in [6.45, 7) is 1.13. The number of rotatable bonds is 10. The van der Waals surface area contributed by atoms with Gasteiger partial charge in [-0.2, -0.15) is 5.10 Å². The summed E-state index contributed by atoms with van der Waals surface area (Å²) in [7, 11) is 2.94. The molecule has 0 aromatic heterocycles. The van der Waals surface area contributed by atoms with E-state index in [-0.39, 0.29) is 12.4 Å². The van der Waals surface area contributed by atoms with Crippen LogP contribution in [0.5, 0.6) is 23.0 Å². The summed E-state index contributed by atoms with van der Waals surface area (Å²) in [4.78, 5) is 23.0. The van der Waals surface area contributed by atoms with Crippen molar-refractivity contribution in [1.82, 2.24) is 5.43 Å². The molecule has 0 aliphatic heterocycles. The molecule has 0 radical (unpaired) electrons. The molecule has 0 aliphatic rings. The number of methoxy groups -OCH3 is 2. The molecule has 0 bridgehead atoms. The maximum atomic E-state index is 12.0. The van der Waals surface area contributed by atoms with Crippen LogP contribution in [0.3, 0.4) is 0 Å². The maximum Gasteiger partial charge on any atom is 0.344 e. The molecule has 154 valence electrons. The Bertz CT molecular complexity index is 883. The predicted molar refractivity (Wildman–Crippen MR) is 105 cm³/mol. The highest BCUT2D eigenvalue weighted by molar-refractivity contribution is 5.87. The summed E-state index contributed by atoms with van der Waals surface area (Å²) in [6, 6.07) is 11.9. The minimum absolute atomic E-state index is 0.202. The number of hydrazone groups is 1. The van der Waals surface area contributed by atoms with Gasteiger partial charge in [-0.05, 0) is 31.2 Å². The normalized spacial score (nSPS) is 11.6. The van der Waals surface area contributed by atoms with Crippen molar-refractivity contribution in [3.05, 3.63) is 48.0 Å². The molecule has 29 heavy (non-hydrogen) atoms. The van der Waals surface area contributed by atoms with Gasteiger partial charge in [0.05, 0.1) is 20.4 Å². The number of carboxylic acids is 1. The second-order valence-electron chi connectivity index (χ2n) is 5.71. The van der Waals surface area contributed by atoms with E-state index in [1.807, 2.05) is 0 Å². The number of nitrogens with one attached hydrogen (secondary N) is 1. The molecule has 2 rings (SSSR count). The zero-order chi connectivity index (χ0) is 21.2. The smallest absolute Gasteiger partial charge is 0.344 e. The van der Waals surface area contributed by atoms with Crippen LogP contribution >= 0.6 is 0 Å². The molecular weight excluding hydrogens is 380 g/mol. The SMILES string of the molecule is COc1ccccc1OCC(=O)N/N=C/c1cccc(OC)c1O[C@@H](C)C(=O)O. The van der Waals surface area contributed by atoms with Gasteiger partial charge in [-0.15, -0.1) is 0 Å². The highest BCUT2D eigenvalue weighted by Gasteiger charge is 2.18. The largest absolute Gasteiger partial charge is 0.493 e. The van der Waals surface area contributed by atoms with Gasteiger partial charge in [0.25, 0.3) is 5.91 Å². The maximum absolute atomic E-state index is 12.0. The van der Waals surface area contributed by atoms with Crippen LogP contribution in [0.2, 0.25) is 0 Å². The van der Waals surface area contributed by atoms with E-state index in [1.54, 1.807) is 42.5 Å². The fourth-order valence-electron chi connectivity index (χ4n) is 2.24. The highest BCUT2D eigenvalue weighted by atomic mass is 16.5. The van der Waals surface area contributed by atoms with Crippen molar-refractivity contribution < 1.29 is 33.6 Å². The minimum Gasteiger partial charge on any atom is -0.493 e. The van der Waals surface area contributed by atoms with Crippen LogP contribution in [0.15, 0.2) is 47.6 Å². The molecule has 1 atom stereocenters. The van der Waals surface area contributed by atoms with Gasteiger partial charge in [-0.25, -0.2) is 10.2 Å². The van der Waals surface area contributed by atoms with E-state index in [0.29, 0.717) is 22.8 Å². The number of carbonyl (C=O) groups excluding carboxylic acids is 1. The molecule has 0 fully saturated rings. The van der Waals surface area contributed by atoms with Gasteiger partial charge in [0, 0.05) is 5.56 Å². The van der Waals surface area contributed by atoms with E-state index in [0.717, 1.165) is 0 Å². The van der Waals surface area contributed by atoms with Crippen molar-refractivity contribution in [1.29, 1.82) is 0 Å². The Labute approximate surface area is 167 Å². The topological polar surface area (TPSA) is 116 Å². The van der Waals surface area contributed by atoms with E-state index in [2.05, 4.69) is 10.5 Å². The lowest BCUT2D eigenvalue weighted by Gasteiger charge is -2.15. The van der Waals surface area contributed by atoms with Crippen LogP contribution in [-0.2, 0) is 9.59 Å². The number of para-hydroxylation sites is 3. The van der Waals surface area contributed by atoms with E-state index in [1.165, 1.54) is 27.4 Å². The molecule has 0 heterocycles. The summed E-state index contributed by atoms with van der Waals surface area (Å²) >= 11 is 0. The third kappa shape index (κ3) is 6.13. The number of benzene rings is 2. The molecule has 9 heteroatoms. The molecule has 0 aliphatic carbocycles. The zero-order valence-electron chi connectivity index (χ0n) is 16.2. The second kappa shape index (κ2) is 10.5. The van der Waals surface area contributed by atoms with Crippen molar-refractivity contribution >= 4 is 18.1 Å². The first-order valence-electron chi connectivity index (χ1n) is 8.60. The van der Waals surface area contributed by atoms with Crippen LogP contribution in [-0.4, -0.2) is 50.1 Å². The quantitative estimate of drug-likeness (QED) is 0.462. The van der Waals surface area contributed by atoms with Crippen LogP contribution in [0.1, 0.15) is 12.5 Å². The average molecular weight is 402 g/mol. The molecule has 0 saturated heterocycles. The lowest BCUT2D eigenvalue weighted by atomic mass is 10.2. The Morgan fingerprint density at radius 1 is 1.07 bits per heavy atom. The number of hydrogen-bond donors (Lipinski definition) is 2. The van der Waals surface area contributed by atoms with Gasteiger partial charge < -0.3 is 24.1 Å². The van der Waals surface area contributed by atoms with Gasteiger partial charge in [-0.3, -0.25) is 4.79 Å². The zero-order valence-corrected chi connectivity index (χ0v) is 16.2. The number of ether oxygens (including phenoxy) is 4. The number of carbonyl (C=O) groups is 2. The van der Waals surface area contributed by atoms with E-state index < -0.39 is 18.0 Å². The second-order valence-corrected chi connectivity index (χ2v) is 5.71. The van der Waals surface area contributed by atoms with Gasteiger partial charge in [-0.1, -0.05) is 18.2 Å². The fraction of sp³-hybridized carbons (Fsp3) is 0.250. The summed E-state index contributed by atoms with van der Waals surface area (Å²) in [5.41, 5.74) is 2.77. The Morgan fingerprint density at radius 2 is 1.72 bits per heavy atom. The molecule has 0 spiro atoms. The van der Waals surface area contributed by atoms with Crippen molar-refractivity contribution in [3.8, 4) is 23.0 Å². The third-order valence-corrected chi connectivity index (χ3v) is 3.69. The van der Waals surface area contributed by atoms with Crippen molar-refractivity contribution in [2.45, 2.75) is 13.0 Å². The molecule has 0 saturated carbocycles. The first kappa shape index (κ1) is 21.5. The minimum atomic E-state index is -1.12. The average Bonchev–Trinajstić information content (AvgIpc) is 2.73. The number of aliphatic carboxylic acids is 1. The Kier molecular flexibility index (Phi) is 7.84. The highest BCUT2D eigenvalue weighted by Crippen LogP contribution is 2.31. The van der Waals surface area contributed by atoms with E-state index in [4.69, 9.17) is 24.1 Å². The van der Waals surface area contributed by atoms with Crippen LogP contribution in [0, 0.1) is 0 Å². The van der Waals surface area contributed by atoms with Gasteiger partial charge in [0.2, 0.25) is 0 Å². The van der Waals surface area contributed by atoms with Crippen LogP contribution in [0.4, 0.5) is 0 Å². The lowest BCUT2D eigenvalue weighted by molar-refractivity contribution is -0.144. The lowest BCUT2D eigenvalue weighted by Crippen LogP contribution is -2.25. The molecule has 2 N–H and O–H groups in total. The summed E-state index contributed by atoms with van der Waals surface area (Å²) in [6.07, 6.45) is 0.232. The Morgan fingerprint density at radius 3 is 2.38 bits per heavy atom. The van der Waals surface area contributed by atoms with Crippen LogP contribution < -0.4 is 24.4 Å². The number of carboxylic acid groups (broad SMARTS) is 1. The fourth-order valence-corrected chi connectivity index (χ4v) is 2.24. The first-order chi connectivity index (χ1) is 14.0. The van der Waals surface area contributed by atoms with Crippen molar-refractivity contribution in [2.24, 2.45) is 5.10 Å². The molecule has 9 nitrogen and oxygen atoms in total. The van der Waals surface area contributed by atoms with Crippen molar-refractivity contribution in [2.75, 3.05) is 20.8 Å². The van der Waals surface area contributed by atoms with Gasteiger partial charge in [0.15, 0.2) is 35.7 Å². The number of nitrogens with zero attached hydrogens (tertiary/aromatic N) is 1. The molecule has 2 aromatic rings. The number of hydrogen-bond acceptors (Lipinski definition) is 7. The summed E-state index contributed by atoms with van der Waals surface area (Å²) in [5, 5.41) is 12.9. The molecular formula is C20H22N2O7. The molecule has 1 amide bonds. The molecule has 0 unspecified atom stereocenters. The Hall–Kier alpha value is -3.75. The van der Waals surface area contributed by atoms with Crippen LogP contribution in [0.25, 0.3) is 0 Å². The molecule has 2 aromatic carbocycles. The first-order valence-corrected chi connectivity index (χ1v) is 8.60. The van der Waals surface area contributed by atoms with Gasteiger partial charge in [0.1, 0.15) is 0 Å². The summed E-state index contributed by atoms with van der Waals surface area (Å²) in [5.74, 6) is -0.132. The van der Waals surface area contributed by atoms with E-state index >= 15 is 0 Å². The van der Waals surface area contributed by atoms with Gasteiger partial charge >= 0.3 is 5.97 Å².